The van der Waals surface area contributed by atoms with Gasteiger partial charge in [0, 0.05) is 19.0 Å². The molecule has 36 heavy (non-hydrogen) atoms. The van der Waals surface area contributed by atoms with Crippen molar-refractivity contribution in [3.8, 4) is 11.1 Å². The van der Waals surface area contributed by atoms with Gasteiger partial charge in [-0.2, -0.15) is 0 Å². The van der Waals surface area contributed by atoms with Gasteiger partial charge in [0.15, 0.2) is 0 Å². The predicted molar refractivity (Wildman–Crippen MR) is 135 cm³/mol. The summed E-state index contributed by atoms with van der Waals surface area (Å²) in [5.41, 5.74) is 2.85. The van der Waals surface area contributed by atoms with Gasteiger partial charge in [-0.25, -0.2) is 9.59 Å². The van der Waals surface area contributed by atoms with Gasteiger partial charge in [-0.15, -0.1) is 0 Å². The minimum atomic E-state index is -1.01. The Morgan fingerprint density at radius 1 is 1.00 bits per heavy atom. The summed E-state index contributed by atoms with van der Waals surface area (Å²) < 4.78 is 11.2. The molecule has 0 radical (unpaired) electrons. The highest BCUT2D eigenvalue weighted by atomic mass is 16.6. The second kappa shape index (κ2) is 10.2. The van der Waals surface area contributed by atoms with Crippen LogP contribution in [0.1, 0.15) is 63.5 Å². The number of carbonyl (C=O) groups is 3. The fraction of sp³-hybridized carbons (Fsp3) is 0.464. The van der Waals surface area contributed by atoms with Crippen LogP contribution in [-0.4, -0.2) is 59.0 Å². The van der Waals surface area contributed by atoms with Gasteiger partial charge < -0.3 is 24.8 Å². The molecule has 8 heteroatoms. The number of rotatable bonds is 5. The van der Waals surface area contributed by atoms with Crippen molar-refractivity contribution in [2.75, 3.05) is 19.7 Å². The van der Waals surface area contributed by atoms with Crippen molar-refractivity contribution >= 4 is 18.2 Å². The van der Waals surface area contributed by atoms with E-state index < -0.39 is 29.3 Å². The zero-order valence-electron chi connectivity index (χ0n) is 21.1. The average molecular weight is 495 g/mol. The maximum absolute atomic E-state index is 13.0. The number of carbonyl (C=O) groups excluding carboxylic acids is 2. The van der Waals surface area contributed by atoms with E-state index in [1.54, 1.807) is 25.7 Å². The Hall–Kier alpha value is -3.55. The molecular weight excluding hydrogens is 460 g/mol. The summed E-state index contributed by atoms with van der Waals surface area (Å²) in [4.78, 5) is 38.8. The summed E-state index contributed by atoms with van der Waals surface area (Å²) in [7, 11) is 0. The molecule has 0 bridgehead atoms. The first-order valence-electron chi connectivity index (χ1n) is 12.4. The van der Waals surface area contributed by atoms with Crippen LogP contribution in [0.2, 0.25) is 0 Å². The van der Waals surface area contributed by atoms with Crippen LogP contribution in [0.15, 0.2) is 48.5 Å². The molecule has 1 saturated heterocycles. The average Bonchev–Trinajstić information content (AvgIpc) is 2.97. The number of ether oxygens (including phenoxy) is 2. The van der Waals surface area contributed by atoms with Crippen LogP contribution in [0.25, 0.3) is 11.1 Å². The molecule has 2 aliphatic rings. The van der Waals surface area contributed by atoms with E-state index in [0.29, 0.717) is 25.8 Å². The molecule has 2 aromatic carbocycles. The number of hydrogen-bond donors (Lipinski definition) is 2. The molecule has 2 amide bonds. The molecule has 1 heterocycles. The van der Waals surface area contributed by atoms with Gasteiger partial charge in [0.05, 0.1) is 12.0 Å². The molecule has 1 atom stereocenters. The molecule has 1 fully saturated rings. The monoisotopic (exact) mass is 494 g/mol. The van der Waals surface area contributed by atoms with Crippen LogP contribution in [0, 0.1) is 0 Å². The molecule has 2 aromatic rings. The van der Waals surface area contributed by atoms with Gasteiger partial charge in [-0.3, -0.25) is 4.79 Å². The van der Waals surface area contributed by atoms with Gasteiger partial charge in [-0.05, 0) is 62.3 Å². The number of nitrogens with one attached hydrogen (secondary N) is 1. The van der Waals surface area contributed by atoms with Crippen molar-refractivity contribution in [2.24, 2.45) is 0 Å². The van der Waals surface area contributed by atoms with E-state index in [0.717, 1.165) is 22.3 Å². The third kappa shape index (κ3) is 5.80. The number of carboxylic acids is 1. The van der Waals surface area contributed by atoms with Crippen molar-refractivity contribution in [2.45, 2.75) is 63.5 Å². The molecule has 1 unspecified atom stereocenters. The first-order valence-corrected chi connectivity index (χ1v) is 12.4. The Labute approximate surface area is 211 Å². The van der Waals surface area contributed by atoms with Gasteiger partial charge in [0.2, 0.25) is 0 Å². The number of aliphatic carboxylic acids is 1. The molecule has 1 aliphatic heterocycles. The van der Waals surface area contributed by atoms with Crippen LogP contribution in [0.3, 0.4) is 0 Å². The van der Waals surface area contributed by atoms with Crippen LogP contribution < -0.4 is 5.32 Å². The lowest BCUT2D eigenvalue weighted by molar-refractivity contribution is -0.138. The van der Waals surface area contributed by atoms with Crippen LogP contribution in [-0.2, 0) is 14.3 Å². The number of amides is 2. The van der Waals surface area contributed by atoms with Crippen molar-refractivity contribution in [3.05, 3.63) is 59.7 Å². The second-order valence-corrected chi connectivity index (χ2v) is 10.6. The van der Waals surface area contributed by atoms with E-state index in [9.17, 15) is 19.5 Å². The van der Waals surface area contributed by atoms with Gasteiger partial charge in [0.1, 0.15) is 12.2 Å². The standard InChI is InChI=1S/C28H34N2O6/c1-27(2,3)36-26(34)30-15-8-13-28(14-16-30,17-24(31)32)29-25(33)35-18-23-21-11-6-4-9-19(21)20-10-5-7-12-22(20)23/h4-7,9-12,23H,8,13-18H2,1-3H3,(H,29,33)(H,31,32). The summed E-state index contributed by atoms with van der Waals surface area (Å²) in [6.45, 7) is 6.27. The number of benzene rings is 2. The molecule has 0 aromatic heterocycles. The van der Waals surface area contributed by atoms with E-state index in [1.807, 2.05) is 36.4 Å². The maximum atomic E-state index is 13.0. The Balaban J connectivity index is 1.43. The lowest BCUT2D eigenvalue weighted by atomic mass is 9.87. The zero-order chi connectivity index (χ0) is 25.9. The highest BCUT2D eigenvalue weighted by molar-refractivity contribution is 5.79. The summed E-state index contributed by atoms with van der Waals surface area (Å²) >= 11 is 0. The van der Waals surface area contributed by atoms with Crippen molar-refractivity contribution in [3.63, 3.8) is 0 Å². The predicted octanol–water partition coefficient (Wildman–Crippen LogP) is 5.16. The number of fused-ring (bicyclic) bond motifs is 3. The number of likely N-dealkylation sites (tertiary alicyclic amines) is 1. The van der Waals surface area contributed by atoms with Crippen molar-refractivity contribution < 1.29 is 29.0 Å². The van der Waals surface area contributed by atoms with E-state index in [4.69, 9.17) is 9.47 Å². The Bertz CT molecular complexity index is 1100. The second-order valence-electron chi connectivity index (χ2n) is 10.6. The molecule has 8 nitrogen and oxygen atoms in total. The molecule has 192 valence electrons. The fourth-order valence-corrected chi connectivity index (χ4v) is 5.19. The largest absolute Gasteiger partial charge is 0.481 e. The number of alkyl carbamates (subject to hydrolysis) is 1. The minimum Gasteiger partial charge on any atom is -0.481 e. The molecule has 0 spiro atoms. The van der Waals surface area contributed by atoms with Crippen LogP contribution in [0.4, 0.5) is 9.59 Å². The molecule has 2 N–H and O–H groups in total. The SMILES string of the molecule is CC(C)(C)OC(=O)N1CCCC(CC(=O)O)(NC(=O)OCC2c3ccccc3-c3ccccc32)CC1. The summed E-state index contributed by atoms with van der Waals surface area (Å²) in [5, 5.41) is 12.4. The van der Waals surface area contributed by atoms with Gasteiger partial charge in [0.25, 0.3) is 0 Å². The topological polar surface area (TPSA) is 105 Å². The fourth-order valence-electron chi connectivity index (χ4n) is 5.19. The maximum Gasteiger partial charge on any atom is 0.410 e. The first kappa shape index (κ1) is 25.5. The third-order valence-corrected chi connectivity index (χ3v) is 6.80. The normalized spacial score (nSPS) is 19.6. The van der Waals surface area contributed by atoms with E-state index >= 15 is 0 Å². The number of carboxylic acid groups (broad SMARTS) is 1. The van der Waals surface area contributed by atoms with Gasteiger partial charge in [-0.1, -0.05) is 48.5 Å². The first-order chi connectivity index (χ1) is 17.1. The quantitative estimate of drug-likeness (QED) is 0.595. The van der Waals surface area contributed by atoms with Gasteiger partial charge >= 0.3 is 18.2 Å². The number of hydrogen-bond acceptors (Lipinski definition) is 5. The van der Waals surface area contributed by atoms with Crippen molar-refractivity contribution in [1.82, 2.24) is 10.2 Å². The third-order valence-electron chi connectivity index (χ3n) is 6.80. The van der Waals surface area contributed by atoms with Crippen LogP contribution in [0.5, 0.6) is 0 Å². The van der Waals surface area contributed by atoms with Crippen LogP contribution >= 0.6 is 0 Å². The lowest BCUT2D eigenvalue weighted by Gasteiger charge is -2.32. The molecule has 4 rings (SSSR count). The Morgan fingerprint density at radius 3 is 2.19 bits per heavy atom. The molecule has 0 saturated carbocycles. The highest BCUT2D eigenvalue weighted by Gasteiger charge is 2.39. The lowest BCUT2D eigenvalue weighted by Crippen LogP contribution is -2.51. The Kier molecular flexibility index (Phi) is 7.24. The van der Waals surface area contributed by atoms with E-state index in [1.165, 1.54) is 0 Å². The molecule has 1 aliphatic carbocycles. The zero-order valence-corrected chi connectivity index (χ0v) is 21.1. The van der Waals surface area contributed by atoms with E-state index in [-0.39, 0.29) is 25.5 Å². The summed E-state index contributed by atoms with van der Waals surface area (Å²) in [6, 6.07) is 16.2. The highest BCUT2D eigenvalue weighted by Crippen LogP contribution is 2.44. The smallest absolute Gasteiger partial charge is 0.410 e. The summed E-state index contributed by atoms with van der Waals surface area (Å²) in [5.74, 6) is -1.10. The minimum absolute atomic E-state index is 0.0876. The van der Waals surface area contributed by atoms with E-state index in [2.05, 4.69) is 17.4 Å². The summed E-state index contributed by atoms with van der Waals surface area (Å²) in [6.07, 6.45) is -0.0836. The molecular formula is C28H34N2O6. The van der Waals surface area contributed by atoms with Crippen molar-refractivity contribution in [1.29, 1.82) is 0 Å². The Morgan fingerprint density at radius 2 is 1.61 bits per heavy atom. The number of nitrogens with zero attached hydrogens (tertiary/aromatic N) is 1.